The minimum Gasteiger partial charge on any atom is -0.443 e. The molecule has 0 spiro atoms. The van der Waals surface area contributed by atoms with Crippen molar-refractivity contribution in [1.29, 1.82) is 0 Å². The highest BCUT2D eigenvalue weighted by molar-refractivity contribution is 8.00. The molecule has 1 unspecified atom stereocenters. The summed E-state index contributed by atoms with van der Waals surface area (Å²) in [5, 5.41) is 3.13. The van der Waals surface area contributed by atoms with Crippen LogP contribution in [0, 0.1) is 13.8 Å². The number of nitrogens with zero attached hydrogens (tertiary/aromatic N) is 7. The van der Waals surface area contributed by atoms with Crippen LogP contribution in [0.4, 0.5) is 0 Å². The van der Waals surface area contributed by atoms with Gasteiger partial charge in [-0.3, -0.25) is 4.79 Å². The predicted molar refractivity (Wildman–Crippen MR) is 221 cm³/mol. The van der Waals surface area contributed by atoms with Crippen LogP contribution in [0.15, 0.2) is 153 Å². The number of carbonyl (C=O) groups is 1. The summed E-state index contributed by atoms with van der Waals surface area (Å²) in [6, 6.07) is 29.9. The lowest BCUT2D eigenvalue weighted by Gasteiger charge is -2.36. The van der Waals surface area contributed by atoms with Crippen LogP contribution in [0.25, 0.3) is 69.5 Å². The van der Waals surface area contributed by atoms with E-state index in [2.05, 4.69) is 66.6 Å². The van der Waals surface area contributed by atoms with Crippen molar-refractivity contribution in [3.8, 4) is 69.5 Å². The van der Waals surface area contributed by atoms with Crippen molar-refractivity contribution in [2.75, 3.05) is 5.75 Å². The molecule has 3 aromatic carbocycles. The van der Waals surface area contributed by atoms with Gasteiger partial charge in [0.15, 0.2) is 39.9 Å². The maximum atomic E-state index is 14.3. The third-order valence-corrected chi connectivity index (χ3v) is 11.9. The number of fused-ring (bicyclic) bond motifs is 20. The average Bonchev–Trinajstić information content (AvgIpc) is 4.15. The second kappa shape index (κ2) is 14.9. The van der Waals surface area contributed by atoms with Gasteiger partial charge in [0.25, 0.3) is 5.91 Å². The van der Waals surface area contributed by atoms with E-state index in [0.717, 1.165) is 16.7 Å². The number of aryl methyl sites for hydroxylation is 2. The number of oxazole rings is 7. The topological polar surface area (TPSA) is 211 Å². The molecule has 0 aliphatic carbocycles. The summed E-state index contributed by atoms with van der Waals surface area (Å²) in [5.74, 6) is 1.54. The first-order valence-electron chi connectivity index (χ1n) is 19.3. The van der Waals surface area contributed by atoms with Gasteiger partial charge >= 0.3 is 0 Å². The fourth-order valence-electron chi connectivity index (χ4n) is 7.29. The molecule has 0 fully saturated rings. The lowest BCUT2D eigenvalue weighted by atomic mass is 9.84. The smallest absolute Gasteiger partial charge is 0.273 e. The molecule has 8 heterocycles. The molecular formula is C45H30N8O8S. The number of nitrogens with one attached hydrogen (secondary N) is 1. The number of aromatic nitrogens is 7. The van der Waals surface area contributed by atoms with Gasteiger partial charge < -0.3 is 36.2 Å². The molecule has 11 rings (SSSR count). The molecule has 1 amide bonds. The predicted octanol–water partition coefficient (Wildman–Crippen LogP) is 9.73. The molecule has 1 N–H and O–H groups in total. The van der Waals surface area contributed by atoms with E-state index >= 15 is 0 Å². The Morgan fingerprint density at radius 1 is 0.500 bits per heavy atom. The van der Waals surface area contributed by atoms with Crippen molar-refractivity contribution < 1.29 is 35.7 Å². The molecule has 0 saturated carbocycles. The highest BCUT2D eigenvalue weighted by Crippen LogP contribution is 2.49. The van der Waals surface area contributed by atoms with Crippen molar-refractivity contribution in [3.63, 3.8) is 0 Å². The largest absolute Gasteiger partial charge is 0.443 e. The molecule has 16 nitrogen and oxygen atoms in total. The van der Waals surface area contributed by atoms with Crippen LogP contribution in [0.1, 0.15) is 50.6 Å². The molecule has 7 aromatic heterocycles. The first kappa shape index (κ1) is 37.0. The van der Waals surface area contributed by atoms with Crippen molar-refractivity contribution in [3.05, 3.63) is 162 Å². The van der Waals surface area contributed by atoms with Crippen LogP contribution >= 0.6 is 11.8 Å². The average molecular weight is 843 g/mol. The van der Waals surface area contributed by atoms with E-state index in [0.29, 0.717) is 34.3 Å². The Hall–Kier alpha value is -8.05. The van der Waals surface area contributed by atoms with E-state index in [4.69, 9.17) is 40.9 Å². The summed E-state index contributed by atoms with van der Waals surface area (Å²) in [5.41, 5.74) is 4.86. The van der Waals surface area contributed by atoms with E-state index in [-0.39, 0.29) is 64.1 Å². The van der Waals surface area contributed by atoms with Gasteiger partial charge in [-0.2, -0.15) is 0 Å². The number of amides is 1. The number of thioether (sulfide) groups is 1. The van der Waals surface area contributed by atoms with Gasteiger partial charge in [-0.15, -0.1) is 11.8 Å². The first-order chi connectivity index (χ1) is 30.4. The van der Waals surface area contributed by atoms with Crippen LogP contribution in [0.2, 0.25) is 0 Å². The Balaban J connectivity index is 1.03. The molecule has 1 aliphatic heterocycles. The van der Waals surface area contributed by atoms with Crippen molar-refractivity contribution >= 4 is 17.7 Å². The highest BCUT2D eigenvalue weighted by Gasteiger charge is 2.39. The molecule has 1 aliphatic rings. The zero-order valence-electron chi connectivity index (χ0n) is 32.6. The molecule has 17 heteroatoms. The zero-order valence-corrected chi connectivity index (χ0v) is 33.5. The van der Waals surface area contributed by atoms with Crippen LogP contribution in [0.3, 0.4) is 0 Å². The summed E-state index contributed by atoms with van der Waals surface area (Å²) in [6.45, 7) is 3.49. The van der Waals surface area contributed by atoms with E-state index in [1.54, 1.807) is 25.6 Å². The third kappa shape index (κ3) is 6.42. The van der Waals surface area contributed by atoms with Crippen LogP contribution in [-0.2, 0) is 4.75 Å². The summed E-state index contributed by atoms with van der Waals surface area (Å²) in [7, 11) is 0. The van der Waals surface area contributed by atoms with Crippen molar-refractivity contribution in [1.82, 2.24) is 40.2 Å². The molecule has 1 atom stereocenters. The fraction of sp³-hybridized carbons (Fsp3) is 0.111. The fourth-order valence-corrected chi connectivity index (χ4v) is 8.84. The van der Waals surface area contributed by atoms with E-state index in [1.807, 2.05) is 54.6 Å². The minimum atomic E-state index is -0.823. The maximum absolute atomic E-state index is 14.3. The number of carbonyl (C=O) groups excluding carboxylic acids is 1. The van der Waals surface area contributed by atoms with Gasteiger partial charge in [0.1, 0.15) is 48.9 Å². The Morgan fingerprint density at radius 3 is 1.40 bits per heavy atom. The molecule has 0 saturated heterocycles. The molecule has 62 heavy (non-hydrogen) atoms. The monoisotopic (exact) mass is 842 g/mol. The minimum absolute atomic E-state index is 0.0122. The summed E-state index contributed by atoms with van der Waals surface area (Å²) >= 11 is 1.62. The number of rotatable bonds is 6. The third-order valence-electron chi connectivity index (χ3n) is 10.3. The van der Waals surface area contributed by atoms with Crippen molar-refractivity contribution in [2.45, 2.75) is 24.6 Å². The molecular weight excluding hydrogens is 813 g/mol. The van der Waals surface area contributed by atoms with Crippen LogP contribution in [0.5, 0.6) is 0 Å². The standard InChI is InChI=1S/C45H30N8O8S/c1-24-35-43-51-33(22-59-43)41-50-32(21-58-41)40-49-31(20-57-40)39-48-30(19-56-39)38-47-29(18-55-38)37(54)46-34(42-52-36(25(2)60-42)44(53-35)61-24)23-62-45(26-12-6-3-7-13-26,27-14-8-4-9-15-27)28-16-10-5-11-17-28/h3-22,34H,23H2,1-2H3,(H,46,54). The Bertz CT molecular complexity index is 3100. The van der Waals surface area contributed by atoms with Crippen LogP contribution < -0.4 is 5.32 Å². The molecule has 10 aromatic rings. The van der Waals surface area contributed by atoms with Crippen molar-refractivity contribution in [2.24, 2.45) is 0 Å². The Morgan fingerprint density at radius 2 is 0.903 bits per heavy atom. The van der Waals surface area contributed by atoms with Crippen LogP contribution in [-0.4, -0.2) is 46.5 Å². The van der Waals surface area contributed by atoms with Gasteiger partial charge in [0.05, 0.1) is 4.75 Å². The highest BCUT2D eigenvalue weighted by atomic mass is 32.2. The second-order valence-electron chi connectivity index (χ2n) is 14.2. The van der Waals surface area contributed by atoms with E-state index < -0.39 is 16.7 Å². The Labute approximate surface area is 354 Å². The number of hydrogen-bond acceptors (Lipinski definition) is 16. The lowest BCUT2D eigenvalue weighted by molar-refractivity contribution is 0.0929. The lowest BCUT2D eigenvalue weighted by Crippen LogP contribution is -2.33. The van der Waals surface area contributed by atoms with Gasteiger partial charge in [-0.1, -0.05) is 91.0 Å². The first-order valence-corrected chi connectivity index (χ1v) is 20.2. The summed E-state index contributed by atoms with van der Waals surface area (Å²) in [4.78, 5) is 46.4. The van der Waals surface area contributed by atoms with Gasteiger partial charge in [-0.25, -0.2) is 34.9 Å². The van der Waals surface area contributed by atoms with Gasteiger partial charge in [0.2, 0.25) is 41.2 Å². The SMILES string of the molecule is Cc1oc2nc1-c1nc(co1)-c1nc(co1)-c1nc(co1)-c1nc(co1)-c1nc(co1)C(=O)NC(CSC(c1ccccc1)(c1ccccc1)c1ccccc1)c1nc-2c(C)o1. The van der Waals surface area contributed by atoms with Gasteiger partial charge in [0, 0.05) is 5.75 Å². The molecule has 0 radical (unpaired) electrons. The maximum Gasteiger partial charge on any atom is 0.273 e. The summed E-state index contributed by atoms with van der Waals surface area (Å²) < 4.78 is 40.5. The normalized spacial score (nSPS) is 13.8. The van der Waals surface area contributed by atoms with Gasteiger partial charge in [-0.05, 0) is 30.5 Å². The molecule has 304 valence electrons. The number of benzene rings is 3. The quantitative estimate of drug-likeness (QED) is 0.154. The molecule has 14 bridgehead atoms. The van der Waals surface area contributed by atoms with E-state index in [1.165, 1.54) is 31.3 Å². The van der Waals surface area contributed by atoms with E-state index in [9.17, 15) is 4.79 Å². The number of hydrogen-bond donors (Lipinski definition) is 1. The summed E-state index contributed by atoms with van der Waals surface area (Å²) in [6.07, 6.45) is 6.73. The Kier molecular flexibility index (Phi) is 8.89. The second-order valence-corrected chi connectivity index (χ2v) is 15.4. The zero-order chi connectivity index (χ0) is 41.8.